The van der Waals surface area contributed by atoms with Gasteiger partial charge in [0.2, 0.25) is 5.89 Å². The Hall–Kier alpha value is -2.63. The van der Waals surface area contributed by atoms with E-state index in [1.165, 1.54) is 6.42 Å². The van der Waals surface area contributed by atoms with Crippen molar-refractivity contribution in [2.24, 2.45) is 0 Å². The Morgan fingerprint density at radius 1 is 1.19 bits per heavy atom. The number of rotatable bonds is 5. The molecule has 0 bridgehead atoms. The third-order valence-corrected chi connectivity index (χ3v) is 5.11. The minimum atomic E-state index is -0.860. The summed E-state index contributed by atoms with van der Waals surface area (Å²) in [5.41, 5.74) is 0.884. The first-order valence-electron chi connectivity index (χ1n) is 9.48. The van der Waals surface area contributed by atoms with Gasteiger partial charge in [0.05, 0.1) is 0 Å². The highest BCUT2D eigenvalue weighted by Crippen LogP contribution is 2.24. The number of amides is 1. The first-order chi connectivity index (χ1) is 13.0. The molecule has 1 fully saturated rings. The van der Waals surface area contributed by atoms with Gasteiger partial charge in [0.25, 0.3) is 5.91 Å². The van der Waals surface area contributed by atoms with Crippen molar-refractivity contribution in [3.8, 4) is 11.5 Å². The average Bonchev–Trinajstić information content (AvgIpc) is 3.10. The lowest BCUT2D eigenvalue weighted by Crippen LogP contribution is -2.44. The van der Waals surface area contributed by atoms with Crippen LogP contribution in [0.25, 0.3) is 11.5 Å². The van der Waals surface area contributed by atoms with E-state index in [0.29, 0.717) is 11.7 Å². The maximum Gasteiger partial charge on any atom is 0.361 e. The molecule has 0 N–H and O–H groups in total. The Kier molecular flexibility index (Phi) is 5.94. The number of esters is 1. The number of carbonyl (C=O) groups excluding carboxylic acids is 2. The van der Waals surface area contributed by atoms with E-state index in [1.807, 2.05) is 30.3 Å². The van der Waals surface area contributed by atoms with Crippen LogP contribution in [0.5, 0.6) is 0 Å². The maximum atomic E-state index is 12.6. The van der Waals surface area contributed by atoms with Gasteiger partial charge in [0, 0.05) is 18.7 Å². The summed E-state index contributed by atoms with van der Waals surface area (Å²) in [4.78, 5) is 31.1. The van der Waals surface area contributed by atoms with Gasteiger partial charge in [0.1, 0.15) is 5.76 Å². The zero-order valence-corrected chi connectivity index (χ0v) is 16.1. The number of nitrogens with zero attached hydrogens (tertiary/aromatic N) is 2. The van der Waals surface area contributed by atoms with Gasteiger partial charge < -0.3 is 14.1 Å². The zero-order valence-electron chi connectivity index (χ0n) is 16.1. The van der Waals surface area contributed by atoms with E-state index in [0.717, 1.165) is 31.2 Å². The van der Waals surface area contributed by atoms with Crippen LogP contribution < -0.4 is 0 Å². The van der Waals surface area contributed by atoms with Gasteiger partial charge >= 0.3 is 5.97 Å². The van der Waals surface area contributed by atoms with Gasteiger partial charge in [-0.05, 0) is 38.8 Å². The largest absolute Gasteiger partial charge is 0.448 e. The van der Waals surface area contributed by atoms with Crippen molar-refractivity contribution in [3.63, 3.8) is 0 Å². The molecule has 0 saturated heterocycles. The van der Waals surface area contributed by atoms with Gasteiger partial charge in [-0.25, -0.2) is 9.78 Å². The lowest BCUT2D eigenvalue weighted by Gasteiger charge is -2.32. The van der Waals surface area contributed by atoms with Crippen LogP contribution in [0.1, 0.15) is 55.3 Å². The summed E-state index contributed by atoms with van der Waals surface area (Å²) in [5, 5.41) is 0. The molecular weight excluding hydrogens is 344 g/mol. The number of aryl methyl sites for hydroxylation is 1. The Labute approximate surface area is 159 Å². The fourth-order valence-electron chi connectivity index (χ4n) is 3.49. The zero-order chi connectivity index (χ0) is 19.4. The van der Waals surface area contributed by atoms with Crippen LogP contribution in [0.2, 0.25) is 0 Å². The van der Waals surface area contributed by atoms with E-state index in [-0.39, 0.29) is 17.6 Å². The molecule has 1 atom stereocenters. The fourth-order valence-corrected chi connectivity index (χ4v) is 3.49. The molecule has 1 aliphatic carbocycles. The van der Waals surface area contributed by atoms with Gasteiger partial charge in [-0.1, -0.05) is 37.5 Å². The van der Waals surface area contributed by atoms with Crippen molar-refractivity contribution in [3.05, 3.63) is 41.8 Å². The van der Waals surface area contributed by atoms with Crippen LogP contribution >= 0.6 is 0 Å². The standard InChI is InChI=1S/C21H26N2O4/c1-14-18(22-19(26-14)16-10-6-4-7-11-16)21(25)27-15(2)20(24)23(3)17-12-8-5-9-13-17/h4,6-7,10-11,15,17H,5,8-9,12-13H2,1-3H3/t15-/m1/s1. The SMILES string of the molecule is Cc1oc(-c2ccccc2)nc1C(=O)O[C@H](C)C(=O)N(C)C1CCCCC1. The number of likely N-dealkylation sites (N-methyl/N-ethyl adjacent to an activating group) is 1. The number of hydrogen-bond acceptors (Lipinski definition) is 5. The van der Waals surface area contributed by atoms with Gasteiger partial charge in [-0.15, -0.1) is 0 Å². The van der Waals surface area contributed by atoms with Crippen LogP contribution in [0.4, 0.5) is 0 Å². The second-order valence-corrected chi connectivity index (χ2v) is 7.08. The van der Waals surface area contributed by atoms with Crippen molar-refractivity contribution in [2.45, 2.75) is 58.1 Å². The molecule has 1 amide bonds. The predicted molar refractivity (Wildman–Crippen MR) is 101 cm³/mol. The molecule has 2 aromatic rings. The number of hydrogen-bond donors (Lipinski definition) is 0. The van der Waals surface area contributed by atoms with Crippen LogP contribution in [-0.2, 0) is 9.53 Å². The molecule has 6 heteroatoms. The molecule has 27 heavy (non-hydrogen) atoms. The lowest BCUT2D eigenvalue weighted by atomic mass is 9.94. The normalized spacial score (nSPS) is 16.0. The third kappa shape index (κ3) is 4.38. The Morgan fingerprint density at radius 3 is 2.52 bits per heavy atom. The van der Waals surface area contributed by atoms with E-state index in [2.05, 4.69) is 4.98 Å². The van der Waals surface area contributed by atoms with Crippen LogP contribution in [0.15, 0.2) is 34.7 Å². The molecule has 3 rings (SSSR count). The number of benzene rings is 1. The quantitative estimate of drug-likeness (QED) is 0.744. The lowest BCUT2D eigenvalue weighted by molar-refractivity contribution is -0.141. The van der Waals surface area contributed by atoms with Crippen LogP contribution in [0.3, 0.4) is 0 Å². The number of oxazole rings is 1. The smallest absolute Gasteiger partial charge is 0.361 e. The van der Waals surface area contributed by atoms with Crippen molar-refractivity contribution < 1.29 is 18.7 Å². The molecule has 1 aromatic heterocycles. The Morgan fingerprint density at radius 2 is 1.85 bits per heavy atom. The molecular formula is C21H26N2O4. The second-order valence-electron chi connectivity index (χ2n) is 7.08. The van der Waals surface area contributed by atoms with Gasteiger partial charge in [0.15, 0.2) is 11.8 Å². The summed E-state index contributed by atoms with van der Waals surface area (Å²) in [7, 11) is 1.79. The minimum Gasteiger partial charge on any atom is -0.448 e. The first-order valence-corrected chi connectivity index (χ1v) is 9.48. The monoisotopic (exact) mass is 370 g/mol. The molecule has 0 spiro atoms. The number of aromatic nitrogens is 1. The van der Waals surface area contributed by atoms with E-state index >= 15 is 0 Å². The Balaban J connectivity index is 1.66. The molecule has 1 aliphatic rings. The molecule has 1 heterocycles. The summed E-state index contributed by atoms with van der Waals surface area (Å²) in [6.07, 6.45) is 4.64. The minimum absolute atomic E-state index is 0.105. The van der Waals surface area contributed by atoms with Crippen molar-refractivity contribution in [1.29, 1.82) is 0 Å². The Bertz CT molecular complexity index is 794. The molecule has 0 unspecified atom stereocenters. The van der Waals surface area contributed by atoms with E-state index in [4.69, 9.17) is 9.15 Å². The van der Waals surface area contributed by atoms with E-state index in [9.17, 15) is 9.59 Å². The summed E-state index contributed by atoms with van der Waals surface area (Å²) in [6.45, 7) is 3.27. The number of ether oxygens (including phenoxy) is 1. The van der Waals surface area contributed by atoms with Crippen LogP contribution in [0, 0.1) is 6.92 Å². The average molecular weight is 370 g/mol. The van der Waals surface area contributed by atoms with Crippen molar-refractivity contribution >= 4 is 11.9 Å². The highest BCUT2D eigenvalue weighted by atomic mass is 16.5. The third-order valence-electron chi connectivity index (χ3n) is 5.11. The molecule has 1 aromatic carbocycles. The number of carbonyl (C=O) groups is 2. The molecule has 0 radical (unpaired) electrons. The van der Waals surface area contributed by atoms with Gasteiger partial charge in [-0.3, -0.25) is 4.79 Å². The summed E-state index contributed by atoms with van der Waals surface area (Å²) >= 11 is 0. The van der Waals surface area contributed by atoms with E-state index in [1.54, 1.807) is 25.8 Å². The summed E-state index contributed by atoms with van der Waals surface area (Å²) < 4.78 is 11.0. The molecule has 6 nitrogen and oxygen atoms in total. The second kappa shape index (κ2) is 8.37. The summed E-state index contributed by atoms with van der Waals surface area (Å²) in [6, 6.07) is 9.57. The van der Waals surface area contributed by atoms with Crippen LogP contribution in [-0.4, -0.2) is 41.0 Å². The highest BCUT2D eigenvalue weighted by Gasteiger charge is 2.29. The fraction of sp³-hybridized carbons (Fsp3) is 0.476. The summed E-state index contributed by atoms with van der Waals surface area (Å²) in [5.74, 6) is -0.0894. The highest BCUT2D eigenvalue weighted by molar-refractivity contribution is 5.91. The van der Waals surface area contributed by atoms with Crippen molar-refractivity contribution in [1.82, 2.24) is 9.88 Å². The molecule has 144 valence electrons. The van der Waals surface area contributed by atoms with E-state index < -0.39 is 12.1 Å². The molecule has 1 saturated carbocycles. The maximum absolute atomic E-state index is 12.6. The first kappa shape index (κ1) is 19.1. The van der Waals surface area contributed by atoms with Gasteiger partial charge in [-0.2, -0.15) is 0 Å². The predicted octanol–water partition coefficient (Wildman–Crippen LogP) is 3.99. The van der Waals surface area contributed by atoms with Crippen molar-refractivity contribution in [2.75, 3.05) is 7.05 Å². The molecule has 0 aliphatic heterocycles. The topological polar surface area (TPSA) is 72.6 Å².